The molecule has 1 aromatic rings. The lowest BCUT2D eigenvalue weighted by molar-refractivity contribution is 0.323. The number of aromatic nitrogens is 1. The van der Waals surface area contributed by atoms with Crippen molar-refractivity contribution in [3.8, 4) is 0 Å². The summed E-state index contributed by atoms with van der Waals surface area (Å²) in [6.07, 6.45) is 5.75. The molecule has 1 rings (SSSR count). The molecule has 98 valence electrons. The Bertz CT molecular complexity index is 347. The fraction of sp³-hybridized carbons (Fsp3) is 0.400. The first-order valence-electron chi connectivity index (χ1n) is 6.38. The molecule has 1 heterocycles. The summed E-state index contributed by atoms with van der Waals surface area (Å²) in [4.78, 5) is 6.73. The second kappa shape index (κ2) is 8.61. The Kier molecular flexibility index (Phi) is 6.99. The quantitative estimate of drug-likeness (QED) is 0.677. The molecule has 3 heteroatoms. The molecule has 0 fully saturated rings. The van der Waals surface area contributed by atoms with Gasteiger partial charge in [0.15, 0.2) is 0 Å². The van der Waals surface area contributed by atoms with Crippen molar-refractivity contribution in [2.45, 2.75) is 20.0 Å². The first-order valence-corrected chi connectivity index (χ1v) is 6.38. The van der Waals surface area contributed by atoms with Crippen molar-refractivity contribution in [1.82, 2.24) is 15.2 Å². The lowest BCUT2D eigenvalue weighted by atomic mass is 10.2. The monoisotopic (exact) mass is 245 g/mol. The van der Waals surface area contributed by atoms with E-state index in [1.54, 1.807) is 0 Å². The van der Waals surface area contributed by atoms with Crippen LogP contribution in [0.3, 0.4) is 0 Å². The predicted octanol–water partition coefficient (Wildman–Crippen LogP) is 2.37. The molecule has 0 aliphatic rings. The van der Waals surface area contributed by atoms with Crippen molar-refractivity contribution in [3.05, 3.63) is 54.9 Å². The van der Waals surface area contributed by atoms with Gasteiger partial charge >= 0.3 is 0 Å². The van der Waals surface area contributed by atoms with Crippen molar-refractivity contribution < 1.29 is 0 Å². The molecule has 3 nitrogen and oxygen atoms in total. The van der Waals surface area contributed by atoms with Gasteiger partial charge in [-0.05, 0) is 18.2 Å². The first-order chi connectivity index (χ1) is 8.80. The zero-order valence-corrected chi connectivity index (χ0v) is 11.2. The van der Waals surface area contributed by atoms with Crippen molar-refractivity contribution in [2.75, 3.05) is 19.6 Å². The summed E-state index contributed by atoms with van der Waals surface area (Å²) in [5.74, 6) is 0. The minimum Gasteiger partial charge on any atom is -0.313 e. The number of rotatable bonds is 9. The van der Waals surface area contributed by atoms with Crippen LogP contribution in [0.2, 0.25) is 0 Å². The Morgan fingerprint density at radius 1 is 1.28 bits per heavy atom. The van der Waals surface area contributed by atoms with E-state index >= 15 is 0 Å². The van der Waals surface area contributed by atoms with E-state index in [1.165, 1.54) is 5.56 Å². The van der Waals surface area contributed by atoms with Gasteiger partial charge in [0.05, 0.1) is 5.69 Å². The van der Waals surface area contributed by atoms with E-state index in [-0.39, 0.29) is 0 Å². The van der Waals surface area contributed by atoms with E-state index in [9.17, 15) is 0 Å². The van der Waals surface area contributed by atoms with E-state index in [4.69, 9.17) is 0 Å². The molecule has 0 aliphatic carbocycles. The Labute approximate surface area is 110 Å². The van der Waals surface area contributed by atoms with Gasteiger partial charge < -0.3 is 5.32 Å². The minimum absolute atomic E-state index is 0.833. The van der Waals surface area contributed by atoms with E-state index in [2.05, 4.69) is 47.4 Å². The number of hydrogen-bond donors (Lipinski definition) is 1. The summed E-state index contributed by atoms with van der Waals surface area (Å²) in [5, 5.41) is 3.29. The molecule has 0 aromatic carbocycles. The van der Waals surface area contributed by atoms with E-state index in [0.29, 0.717) is 0 Å². The van der Waals surface area contributed by atoms with Gasteiger partial charge in [-0.15, -0.1) is 13.2 Å². The molecular formula is C15H23N3. The summed E-state index contributed by atoms with van der Waals surface area (Å²) in [6, 6.07) is 4.22. The molecule has 18 heavy (non-hydrogen) atoms. The Hall–Kier alpha value is -1.45. The van der Waals surface area contributed by atoms with Crippen LogP contribution in [0.1, 0.15) is 18.2 Å². The SMILES string of the molecule is C=CCN(CC=C)Cc1ccc(CNCC)cn1. The molecule has 0 aliphatic heterocycles. The molecule has 0 spiro atoms. The van der Waals surface area contributed by atoms with Gasteiger partial charge in [0, 0.05) is 32.4 Å². The molecule has 0 amide bonds. The van der Waals surface area contributed by atoms with Crippen LogP contribution in [0.25, 0.3) is 0 Å². The number of nitrogens with zero attached hydrogens (tertiary/aromatic N) is 2. The highest BCUT2D eigenvalue weighted by molar-refractivity contribution is 5.14. The predicted molar refractivity (Wildman–Crippen MR) is 77.3 cm³/mol. The van der Waals surface area contributed by atoms with Crippen LogP contribution >= 0.6 is 0 Å². The third kappa shape index (κ3) is 5.25. The molecule has 0 saturated heterocycles. The summed E-state index contributed by atoms with van der Waals surface area (Å²) < 4.78 is 0. The van der Waals surface area contributed by atoms with E-state index in [1.807, 2.05) is 18.3 Å². The molecule has 0 bridgehead atoms. The topological polar surface area (TPSA) is 28.2 Å². The summed E-state index contributed by atoms with van der Waals surface area (Å²) in [6.45, 7) is 14.0. The lowest BCUT2D eigenvalue weighted by Gasteiger charge is -2.18. The summed E-state index contributed by atoms with van der Waals surface area (Å²) >= 11 is 0. The van der Waals surface area contributed by atoms with Gasteiger partial charge in [-0.2, -0.15) is 0 Å². The number of pyridine rings is 1. The molecule has 1 aromatic heterocycles. The summed E-state index contributed by atoms with van der Waals surface area (Å²) in [5.41, 5.74) is 2.30. The maximum absolute atomic E-state index is 4.49. The Balaban J connectivity index is 2.55. The normalized spacial score (nSPS) is 10.6. The minimum atomic E-state index is 0.833. The highest BCUT2D eigenvalue weighted by Gasteiger charge is 2.03. The zero-order chi connectivity index (χ0) is 13.2. The van der Waals surface area contributed by atoms with Crippen LogP contribution in [-0.2, 0) is 13.1 Å². The van der Waals surface area contributed by atoms with Crippen molar-refractivity contribution >= 4 is 0 Å². The van der Waals surface area contributed by atoms with Crippen molar-refractivity contribution in [1.29, 1.82) is 0 Å². The molecule has 1 N–H and O–H groups in total. The average Bonchev–Trinajstić information content (AvgIpc) is 2.38. The third-order valence-corrected chi connectivity index (χ3v) is 2.63. The fourth-order valence-corrected chi connectivity index (χ4v) is 1.72. The lowest BCUT2D eigenvalue weighted by Crippen LogP contribution is -2.23. The smallest absolute Gasteiger partial charge is 0.0544 e. The number of hydrogen-bond acceptors (Lipinski definition) is 3. The molecular weight excluding hydrogens is 222 g/mol. The second-order valence-electron chi connectivity index (χ2n) is 4.21. The maximum Gasteiger partial charge on any atom is 0.0544 e. The van der Waals surface area contributed by atoms with Gasteiger partial charge in [0.1, 0.15) is 0 Å². The number of nitrogens with one attached hydrogen (secondary N) is 1. The van der Waals surface area contributed by atoms with Gasteiger partial charge in [0.25, 0.3) is 0 Å². The zero-order valence-electron chi connectivity index (χ0n) is 11.2. The fourth-order valence-electron chi connectivity index (χ4n) is 1.72. The maximum atomic E-state index is 4.49. The third-order valence-electron chi connectivity index (χ3n) is 2.63. The highest BCUT2D eigenvalue weighted by Crippen LogP contribution is 2.04. The van der Waals surface area contributed by atoms with E-state index < -0.39 is 0 Å². The largest absolute Gasteiger partial charge is 0.313 e. The van der Waals surface area contributed by atoms with E-state index in [0.717, 1.165) is 38.4 Å². The van der Waals surface area contributed by atoms with Crippen molar-refractivity contribution in [2.24, 2.45) is 0 Å². The average molecular weight is 245 g/mol. The van der Waals surface area contributed by atoms with Crippen LogP contribution < -0.4 is 5.32 Å². The van der Waals surface area contributed by atoms with Crippen LogP contribution in [0, 0.1) is 0 Å². The first kappa shape index (κ1) is 14.6. The van der Waals surface area contributed by atoms with Gasteiger partial charge in [-0.3, -0.25) is 9.88 Å². The Morgan fingerprint density at radius 2 is 2.00 bits per heavy atom. The van der Waals surface area contributed by atoms with Crippen molar-refractivity contribution in [3.63, 3.8) is 0 Å². The van der Waals surface area contributed by atoms with Crippen LogP contribution in [-0.4, -0.2) is 29.5 Å². The molecule has 0 saturated carbocycles. The van der Waals surface area contributed by atoms with Gasteiger partial charge in [0.2, 0.25) is 0 Å². The van der Waals surface area contributed by atoms with Crippen LogP contribution in [0.4, 0.5) is 0 Å². The van der Waals surface area contributed by atoms with Gasteiger partial charge in [-0.25, -0.2) is 0 Å². The van der Waals surface area contributed by atoms with Crippen LogP contribution in [0.5, 0.6) is 0 Å². The second-order valence-corrected chi connectivity index (χ2v) is 4.21. The highest BCUT2D eigenvalue weighted by atomic mass is 15.1. The Morgan fingerprint density at radius 3 is 2.50 bits per heavy atom. The molecule has 0 unspecified atom stereocenters. The standard InChI is InChI=1S/C15H23N3/c1-4-9-18(10-5-2)13-15-8-7-14(12-17-15)11-16-6-3/h4-5,7-8,12,16H,1-2,6,9-11,13H2,3H3. The summed E-state index contributed by atoms with van der Waals surface area (Å²) in [7, 11) is 0. The van der Waals surface area contributed by atoms with Crippen LogP contribution in [0.15, 0.2) is 43.6 Å². The van der Waals surface area contributed by atoms with Gasteiger partial charge in [-0.1, -0.05) is 25.1 Å². The molecule has 0 radical (unpaired) electrons. The molecule has 0 atom stereocenters.